The van der Waals surface area contributed by atoms with Gasteiger partial charge in [-0.3, -0.25) is 13.9 Å². The summed E-state index contributed by atoms with van der Waals surface area (Å²) in [5.74, 6) is 0.601. The Hall–Kier alpha value is -1.93. The average molecular weight is 295 g/mol. The van der Waals surface area contributed by atoms with E-state index in [4.69, 9.17) is 10.5 Å². The van der Waals surface area contributed by atoms with Crippen LogP contribution in [-0.2, 0) is 24.9 Å². The van der Waals surface area contributed by atoms with Gasteiger partial charge < -0.3 is 15.0 Å². The molecule has 0 atom stereocenters. The zero-order valence-corrected chi connectivity index (χ0v) is 12.8. The molecule has 0 aliphatic carbocycles. The van der Waals surface area contributed by atoms with Crippen molar-refractivity contribution in [2.75, 3.05) is 13.7 Å². The number of hydrogen-bond acceptors (Lipinski definition) is 5. The molecule has 2 heterocycles. The highest BCUT2D eigenvalue weighted by molar-refractivity contribution is 5.71. The van der Waals surface area contributed by atoms with Crippen LogP contribution in [-0.4, -0.2) is 32.3 Å². The molecule has 8 nitrogen and oxygen atoms in total. The molecular weight excluding hydrogens is 274 g/mol. The first kappa shape index (κ1) is 15.5. The molecule has 2 rings (SSSR count). The predicted molar refractivity (Wildman–Crippen MR) is 79.4 cm³/mol. The molecule has 0 aliphatic rings. The van der Waals surface area contributed by atoms with Crippen molar-refractivity contribution in [3.8, 4) is 0 Å². The minimum absolute atomic E-state index is 0.116. The maximum absolute atomic E-state index is 12.5. The lowest BCUT2D eigenvalue weighted by atomic mass is 10.3. The lowest BCUT2D eigenvalue weighted by molar-refractivity contribution is 0.175. The van der Waals surface area contributed by atoms with Crippen LogP contribution in [0.2, 0.25) is 0 Å². The fraction of sp³-hybridized carbons (Fsp3) is 0.615. The summed E-state index contributed by atoms with van der Waals surface area (Å²) in [7, 11) is 3.30. The zero-order chi connectivity index (χ0) is 15.7. The molecule has 0 fully saturated rings. The molecule has 0 unspecified atom stereocenters. The molecule has 2 aromatic rings. The highest BCUT2D eigenvalue weighted by atomic mass is 16.5. The second-order valence-corrected chi connectivity index (χ2v) is 5.18. The quantitative estimate of drug-likeness (QED) is 0.808. The Labute approximate surface area is 121 Å². The van der Waals surface area contributed by atoms with Gasteiger partial charge >= 0.3 is 5.69 Å². The fourth-order valence-electron chi connectivity index (χ4n) is 2.42. The molecule has 0 saturated carbocycles. The molecule has 0 saturated heterocycles. The summed E-state index contributed by atoms with van der Waals surface area (Å²) in [6, 6.07) is -0.116. The standard InChI is InChI=1S/C13H21N5O3/c1-8(2)18-11-10(16(3)9(15-11)7-21-4)12(19)17(6-5-14)13(18)20/h8H,5-7,14H2,1-4H3. The van der Waals surface area contributed by atoms with Crippen molar-refractivity contribution in [2.24, 2.45) is 12.8 Å². The van der Waals surface area contributed by atoms with Gasteiger partial charge in [0.05, 0.1) is 0 Å². The van der Waals surface area contributed by atoms with Crippen LogP contribution in [0.4, 0.5) is 0 Å². The predicted octanol–water partition coefficient (Wildman–Crippen LogP) is -0.417. The number of methoxy groups -OCH3 is 1. The largest absolute Gasteiger partial charge is 0.377 e. The van der Waals surface area contributed by atoms with Crippen LogP contribution in [0.3, 0.4) is 0 Å². The first-order valence-electron chi connectivity index (χ1n) is 6.83. The molecule has 8 heteroatoms. The molecule has 0 radical (unpaired) electrons. The Morgan fingerprint density at radius 1 is 1.33 bits per heavy atom. The monoisotopic (exact) mass is 295 g/mol. The third-order valence-corrected chi connectivity index (χ3v) is 3.42. The van der Waals surface area contributed by atoms with Gasteiger partial charge in [0.15, 0.2) is 11.2 Å². The SMILES string of the molecule is COCc1nc2c(c(=O)n(CCN)c(=O)n2C(C)C)n1C. The third kappa shape index (κ3) is 2.40. The van der Waals surface area contributed by atoms with E-state index in [1.54, 1.807) is 18.7 Å². The van der Waals surface area contributed by atoms with E-state index in [1.807, 2.05) is 13.8 Å². The van der Waals surface area contributed by atoms with Gasteiger partial charge in [0.25, 0.3) is 5.56 Å². The zero-order valence-electron chi connectivity index (χ0n) is 12.8. The van der Waals surface area contributed by atoms with Crippen LogP contribution in [0.1, 0.15) is 25.7 Å². The molecule has 0 spiro atoms. The number of hydrogen-bond donors (Lipinski definition) is 1. The van der Waals surface area contributed by atoms with E-state index >= 15 is 0 Å². The second-order valence-electron chi connectivity index (χ2n) is 5.18. The fourth-order valence-corrected chi connectivity index (χ4v) is 2.42. The number of aromatic nitrogens is 4. The summed E-state index contributed by atoms with van der Waals surface area (Å²) in [6.45, 7) is 4.44. The van der Waals surface area contributed by atoms with Crippen LogP contribution >= 0.6 is 0 Å². The number of fused-ring (bicyclic) bond motifs is 1. The second kappa shape index (κ2) is 5.82. The van der Waals surface area contributed by atoms with Crippen LogP contribution in [0.15, 0.2) is 9.59 Å². The molecular formula is C13H21N5O3. The van der Waals surface area contributed by atoms with Crippen molar-refractivity contribution in [3.63, 3.8) is 0 Å². The van der Waals surface area contributed by atoms with Gasteiger partial charge in [-0.25, -0.2) is 9.78 Å². The molecule has 0 aromatic carbocycles. The van der Waals surface area contributed by atoms with Crippen LogP contribution in [0.5, 0.6) is 0 Å². The first-order chi connectivity index (χ1) is 9.93. The molecule has 21 heavy (non-hydrogen) atoms. The van der Waals surface area contributed by atoms with E-state index in [1.165, 1.54) is 9.13 Å². The third-order valence-electron chi connectivity index (χ3n) is 3.42. The lowest BCUT2D eigenvalue weighted by Crippen LogP contribution is -2.42. The first-order valence-corrected chi connectivity index (χ1v) is 6.83. The maximum Gasteiger partial charge on any atom is 0.333 e. The van der Waals surface area contributed by atoms with E-state index in [0.29, 0.717) is 17.0 Å². The number of imidazole rings is 1. The smallest absolute Gasteiger partial charge is 0.333 e. The van der Waals surface area contributed by atoms with Crippen LogP contribution in [0.25, 0.3) is 11.2 Å². The van der Waals surface area contributed by atoms with Crippen LogP contribution in [0, 0.1) is 0 Å². The Bertz CT molecular complexity index is 769. The highest BCUT2D eigenvalue weighted by Crippen LogP contribution is 2.14. The van der Waals surface area contributed by atoms with Crippen molar-refractivity contribution in [1.82, 2.24) is 18.7 Å². The molecule has 0 aliphatic heterocycles. The van der Waals surface area contributed by atoms with E-state index in [9.17, 15) is 9.59 Å². The Morgan fingerprint density at radius 2 is 2.00 bits per heavy atom. The number of nitrogens with zero attached hydrogens (tertiary/aromatic N) is 4. The van der Waals surface area contributed by atoms with Gasteiger partial charge in [-0.05, 0) is 13.8 Å². The molecule has 0 bridgehead atoms. The number of nitrogens with two attached hydrogens (primary N) is 1. The van der Waals surface area contributed by atoms with Crippen molar-refractivity contribution in [1.29, 1.82) is 0 Å². The minimum Gasteiger partial charge on any atom is -0.377 e. The van der Waals surface area contributed by atoms with Crippen LogP contribution < -0.4 is 17.0 Å². The summed E-state index contributed by atoms with van der Waals surface area (Å²) in [5.41, 5.74) is 5.55. The topological polar surface area (TPSA) is 97.1 Å². The van der Waals surface area contributed by atoms with Gasteiger partial charge in [0.1, 0.15) is 12.4 Å². The summed E-state index contributed by atoms with van der Waals surface area (Å²) in [6.07, 6.45) is 0. The lowest BCUT2D eigenvalue weighted by Gasteiger charge is -2.13. The number of rotatable bonds is 5. The normalized spacial score (nSPS) is 11.7. The summed E-state index contributed by atoms with van der Waals surface area (Å²) in [5, 5.41) is 0. The van der Waals surface area contributed by atoms with Crippen molar-refractivity contribution >= 4 is 11.2 Å². The van der Waals surface area contributed by atoms with Gasteiger partial charge in [-0.1, -0.05) is 0 Å². The number of ether oxygens (including phenoxy) is 1. The van der Waals surface area contributed by atoms with E-state index in [2.05, 4.69) is 4.98 Å². The van der Waals surface area contributed by atoms with Gasteiger partial charge in [-0.15, -0.1) is 0 Å². The summed E-state index contributed by atoms with van der Waals surface area (Å²) >= 11 is 0. The Morgan fingerprint density at radius 3 is 2.52 bits per heavy atom. The molecule has 0 amide bonds. The molecule has 116 valence electrons. The maximum atomic E-state index is 12.5. The summed E-state index contributed by atoms with van der Waals surface area (Å²) in [4.78, 5) is 29.5. The van der Waals surface area contributed by atoms with Gasteiger partial charge in [-0.2, -0.15) is 0 Å². The highest BCUT2D eigenvalue weighted by Gasteiger charge is 2.20. The minimum atomic E-state index is -0.380. The Balaban J connectivity index is 2.95. The van der Waals surface area contributed by atoms with E-state index < -0.39 is 0 Å². The summed E-state index contributed by atoms with van der Waals surface area (Å²) < 4.78 is 9.45. The van der Waals surface area contributed by atoms with Crippen molar-refractivity contribution in [2.45, 2.75) is 33.0 Å². The molecule has 2 N–H and O–H groups in total. The number of aryl methyl sites for hydroxylation is 1. The van der Waals surface area contributed by atoms with Gasteiger partial charge in [0.2, 0.25) is 0 Å². The van der Waals surface area contributed by atoms with Gasteiger partial charge in [0, 0.05) is 33.3 Å². The van der Waals surface area contributed by atoms with Crippen molar-refractivity contribution < 1.29 is 4.74 Å². The average Bonchev–Trinajstić information content (AvgIpc) is 2.72. The molecule has 2 aromatic heterocycles. The van der Waals surface area contributed by atoms with Crippen molar-refractivity contribution in [3.05, 3.63) is 26.7 Å². The van der Waals surface area contributed by atoms with E-state index in [-0.39, 0.29) is 37.0 Å². The van der Waals surface area contributed by atoms with E-state index in [0.717, 1.165) is 0 Å². The Kier molecular flexibility index (Phi) is 4.29.